The lowest BCUT2D eigenvalue weighted by Crippen LogP contribution is -2.25. The molecule has 1 heterocycles. The van der Waals surface area contributed by atoms with Crippen molar-refractivity contribution in [2.75, 3.05) is 25.5 Å². The number of nitrogens with zero attached hydrogens (tertiary/aromatic N) is 1. The normalized spacial score (nSPS) is 20.1. The fourth-order valence-corrected chi connectivity index (χ4v) is 2.02. The van der Waals surface area contributed by atoms with Crippen LogP contribution in [-0.4, -0.2) is 30.9 Å². The molecule has 1 amide bonds. The second kappa shape index (κ2) is 4.97. The summed E-state index contributed by atoms with van der Waals surface area (Å²) in [7, 11) is 1.89. The first-order valence-corrected chi connectivity index (χ1v) is 5.61. The van der Waals surface area contributed by atoms with Crippen LogP contribution in [0.25, 0.3) is 0 Å². The monoisotopic (exact) mass is 258 g/mol. The van der Waals surface area contributed by atoms with Gasteiger partial charge in [-0.2, -0.15) is 0 Å². The number of rotatable bonds is 2. The van der Waals surface area contributed by atoms with Crippen LogP contribution in [0.15, 0.2) is 12.1 Å². The van der Waals surface area contributed by atoms with Crippen LogP contribution in [0, 0.1) is 23.4 Å². The summed E-state index contributed by atoms with van der Waals surface area (Å²) in [6.07, 6.45) is 0.703. The van der Waals surface area contributed by atoms with Gasteiger partial charge in [0.2, 0.25) is 5.91 Å². The van der Waals surface area contributed by atoms with E-state index in [4.69, 9.17) is 0 Å². The molecule has 0 aromatic heterocycles. The summed E-state index contributed by atoms with van der Waals surface area (Å²) in [6.45, 7) is 1.42. The molecule has 3 nitrogen and oxygen atoms in total. The first-order chi connectivity index (χ1) is 8.47. The third-order valence-electron chi connectivity index (χ3n) is 3.01. The Kier molecular flexibility index (Phi) is 3.56. The van der Waals surface area contributed by atoms with Crippen molar-refractivity contribution < 1.29 is 18.0 Å². The zero-order valence-corrected chi connectivity index (χ0v) is 9.84. The van der Waals surface area contributed by atoms with Gasteiger partial charge >= 0.3 is 0 Å². The fourth-order valence-electron chi connectivity index (χ4n) is 2.02. The summed E-state index contributed by atoms with van der Waals surface area (Å²) in [5.74, 6) is -4.66. The van der Waals surface area contributed by atoms with Crippen molar-refractivity contribution in [3.05, 3.63) is 29.6 Å². The van der Waals surface area contributed by atoms with Gasteiger partial charge in [-0.3, -0.25) is 4.79 Å². The van der Waals surface area contributed by atoms with Crippen LogP contribution in [0.3, 0.4) is 0 Å². The molecule has 1 aliphatic rings. The van der Waals surface area contributed by atoms with Gasteiger partial charge < -0.3 is 10.2 Å². The van der Waals surface area contributed by atoms with E-state index < -0.39 is 17.5 Å². The van der Waals surface area contributed by atoms with Crippen LogP contribution < -0.4 is 5.32 Å². The van der Waals surface area contributed by atoms with E-state index in [1.165, 1.54) is 0 Å². The van der Waals surface area contributed by atoms with Gasteiger partial charge in [0.1, 0.15) is 0 Å². The molecule has 1 fully saturated rings. The van der Waals surface area contributed by atoms with E-state index in [0.29, 0.717) is 13.0 Å². The topological polar surface area (TPSA) is 32.3 Å². The van der Waals surface area contributed by atoms with Crippen molar-refractivity contribution in [1.29, 1.82) is 0 Å². The van der Waals surface area contributed by atoms with Crippen LogP contribution in [-0.2, 0) is 4.79 Å². The number of benzene rings is 1. The molecule has 0 aliphatic carbocycles. The van der Waals surface area contributed by atoms with Gasteiger partial charge in [0.05, 0.1) is 5.92 Å². The highest BCUT2D eigenvalue weighted by molar-refractivity contribution is 5.92. The summed E-state index contributed by atoms with van der Waals surface area (Å²) in [6, 6.07) is 1.55. The van der Waals surface area contributed by atoms with Crippen LogP contribution >= 0.6 is 0 Å². The van der Waals surface area contributed by atoms with E-state index in [9.17, 15) is 18.0 Å². The van der Waals surface area contributed by atoms with Crippen molar-refractivity contribution in [2.24, 2.45) is 5.92 Å². The summed E-state index contributed by atoms with van der Waals surface area (Å²) in [5.41, 5.74) is -0.0639. The molecule has 2 rings (SSSR count). The molecule has 0 bridgehead atoms. The zero-order valence-electron chi connectivity index (χ0n) is 9.84. The van der Waals surface area contributed by atoms with E-state index >= 15 is 0 Å². The maximum atomic E-state index is 13.0. The minimum Gasteiger partial charge on any atom is -0.326 e. The van der Waals surface area contributed by atoms with Crippen molar-refractivity contribution in [2.45, 2.75) is 6.42 Å². The Morgan fingerprint density at radius 2 is 1.94 bits per heavy atom. The number of carbonyl (C=O) groups is 1. The van der Waals surface area contributed by atoms with Gasteiger partial charge in [0.15, 0.2) is 17.5 Å². The number of likely N-dealkylation sites (tertiary alicyclic amines) is 1. The average molecular weight is 258 g/mol. The summed E-state index contributed by atoms with van der Waals surface area (Å²) in [5, 5.41) is 2.40. The Balaban J connectivity index is 2.07. The molecule has 1 aromatic rings. The first kappa shape index (κ1) is 12.9. The van der Waals surface area contributed by atoms with Gasteiger partial charge in [-0.1, -0.05) is 0 Å². The molecule has 1 saturated heterocycles. The Morgan fingerprint density at radius 3 is 2.44 bits per heavy atom. The predicted octanol–water partition coefficient (Wildman–Crippen LogP) is 1.99. The highest BCUT2D eigenvalue weighted by Gasteiger charge is 2.26. The second-order valence-electron chi connectivity index (χ2n) is 4.49. The molecule has 98 valence electrons. The zero-order chi connectivity index (χ0) is 13.3. The Labute approximate surface area is 103 Å². The Morgan fingerprint density at radius 1 is 1.33 bits per heavy atom. The van der Waals surface area contributed by atoms with Crippen molar-refractivity contribution >= 4 is 11.6 Å². The largest absolute Gasteiger partial charge is 0.326 e. The predicted molar refractivity (Wildman–Crippen MR) is 60.5 cm³/mol. The van der Waals surface area contributed by atoms with E-state index in [2.05, 4.69) is 5.32 Å². The van der Waals surface area contributed by atoms with Gasteiger partial charge in [0, 0.05) is 24.4 Å². The third kappa shape index (κ3) is 2.64. The van der Waals surface area contributed by atoms with Crippen LogP contribution in [0.5, 0.6) is 0 Å². The molecule has 0 saturated carbocycles. The Hall–Kier alpha value is -1.56. The number of amides is 1. The molecular weight excluding hydrogens is 245 g/mol. The first-order valence-electron chi connectivity index (χ1n) is 5.61. The number of nitrogens with one attached hydrogen (secondary N) is 1. The molecular formula is C12H13F3N2O. The number of hydrogen-bond donors (Lipinski definition) is 1. The lowest BCUT2D eigenvalue weighted by molar-refractivity contribution is -0.119. The van der Waals surface area contributed by atoms with Crippen molar-refractivity contribution in [1.82, 2.24) is 4.90 Å². The third-order valence-corrected chi connectivity index (χ3v) is 3.01. The maximum Gasteiger partial charge on any atom is 0.228 e. The van der Waals surface area contributed by atoms with Crippen LogP contribution in [0.4, 0.5) is 18.9 Å². The summed E-state index contributed by atoms with van der Waals surface area (Å²) < 4.78 is 38.6. The van der Waals surface area contributed by atoms with Gasteiger partial charge in [-0.25, -0.2) is 13.2 Å². The lowest BCUT2D eigenvalue weighted by Gasteiger charge is -2.11. The van der Waals surface area contributed by atoms with Gasteiger partial charge in [-0.05, 0) is 20.0 Å². The molecule has 1 unspecified atom stereocenters. The van der Waals surface area contributed by atoms with E-state index in [1.54, 1.807) is 0 Å². The number of hydrogen-bond acceptors (Lipinski definition) is 2. The molecule has 18 heavy (non-hydrogen) atoms. The van der Waals surface area contributed by atoms with Gasteiger partial charge in [0.25, 0.3) is 0 Å². The lowest BCUT2D eigenvalue weighted by atomic mass is 10.1. The second-order valence-corrected chi connectivity index (χ2v) is 4.49. The minimum absolute atomic E-state index is 0.0639. The summed E-state index contributed by atoms with van der Waals surface area (Å²) >= 11 is 0. The van der Waals surface area contributed by atoms with E-state index in [1.807, 2.05) is 11.9 Å². The highest BCUT2D eigenvalue weighted by Crippen LogP contribution is 2.20. The maximum absolute atomic E-state index is 13.0. The number of carbonyl (C=O) groups excluding carboxylic acids is 1. The standard InChI is InChI=1S/C12H13F3N2O/c1-17-3-2-7(6-17)12(18)16-8-4-9(13)11(15)10(14)5-8/h4-5,7H,2-3,6H2,1H3,(H,16,18). The van der Waals surface area contributed by atoms with E-state index in [0.717, 1.165) is 18.7 Å². The molecule has 1 atom stereocenters. The van der Waals surface area contributed by atoms with Crippen molar-refractivity contribution in [3.8, 4) is 0 Å². The fraction of sp³-hybridized carbons (Fsp3) is 0.417. The molecule has 6 heteroatoms. The molecule has 0 radical (unpaired) electrons. The molecule has 1 aliphatic heterocycles. The number of anilines is 1. The van der Waals surface area contributed by atoms with Crippen molar-refractivity contribution in [3.63, 3.8) is 0 Å². The quantitative estimate of drug-likeness (QED) is 0.823. The van der Waals surface area contributed by atoms with E-state index in [-0.39, 0.29) is 17.5 Å². The molecule has 0 spiro atoms. The number of halogens is 3. The molecule has 1 N–H and O–H groups in total. The summed E-state index contributed by atoms with van der Waals surface area (Å²) in [4.78, 5) is 13.8. The Bertz CT molecular complexity index is 455. The van der Waals surface area contributed by atoms with Gasteiger partial charge in [-0.15, -0.1) is 0 Å². The molecule has 1 aromatic carbocycles. The van der Waals surface area contributed by atoms with Crippen LogP contribution in [0.2, 0.25) is 0 Å². The highest BCUT2D eigenvalue weighted by atomic mass is 19.2. The minimum atomic E-state index is -1.53. The van der Waals surface area contributed by atoms with Crippen LogP contribution in [0.1, 0.15) is 6.42 Å². The average Bonchev–Trinajstić information content (AvgIpc) is 2.72. The smallest absolute Gasteiger partial charge is 0.228 e. The SMILES string of the molecule is CN1CCC(C(=O)Nc2cc(F)c(F)c(F)c2)C1.